The van der Waals surface area contributed by atoms with Crippen molar-refractivity contribution in [2.24, 2.45) is 5.14 Å². The van der Waals surface area contributed by atoms with Gasteiger partial charge in [0.05, 0.1) is 4.90 Å². The van der Waals surface area contributed by atoms with Crippen LogP contribution in [-0.4, -0.2) is 50.1 Å². The minimum Gasteiger partial charge on any atom is -0.380 e. The second kappa shape index (κ2) is 6.33. The van der Waals surface area contributed by atoms with Crippen LogP contribution in [0, 0.1) is 0 Å². The van der Waals surface area contributed by atoms with Crippen LogP contribution in [0.3, 0.4) is 0 Å². The summed E-state index contributed by atoms with van der Waals surface area (Å²) in [5.41, 5.74) is -0.593. The van der Waals surface area contributed by atoms with Gasteiger partial charge in [0.1, 0.15) is 5.60 Å². The molecule has 0 saturated carbocycles. The molecule has 0 atom stereocenters. The lowest BCUT2D eigenvalue weighted by Crippen LogP contribution is -2.52. The number of hydrogen-bond donors (Lipinski definition) is 3. The van der Waals surface area contributed by atoms with Gasteiger partial charge in [0.15, 0.2) is 0 Å². The number of amides is 1. The molecule has 2 rings (SSSR count). The van der Waals surface area contributed by atoms with Gasteiger partial charge in [0.25, 0.3) is 5.91 Å². The van der Waals surface area contributed by atoms with E-state index in [0.717, 1.165) is 5.56 Å². The number of carbonyl (C=O) groups is 1. The Bertz CT molecular complexity index is 635. The van der Waals surface area contributed by atoms with Crippen LogP contribution in [0.5, 0.6) is 0 Å². The van der Waals surface area contributed by atoms with E-state index in [1.807, 2.05) is 7.05 Å². The summed E-state index contributed by atoms with van der Waals surface area (Å²) in [6.45, 7) is 1.57. The lowest BCUT2D eigenvalue weighted by Gasteiger charge is -2.35. The highest BCUT2D eigenvalue weighted by Gasteiger charge is 2.38. The molecule has 1 aromatic rings. The van der Waals surface area contributed by atoms with E-state index in [0.29, 0.717) is 25.9 Å². The van der Waals surface area contributed by atoms with Crippen molar-refractivity contribution >= 4 is 15.9 Å². The summed E-state index contributed by atoms with van der Waals surface area (Å²) in [5, 5.41) is 18.1. The molecule has 0 radical (unpaired) electrons. The molecule has 4 N–H and O–H groups in total. The van der Waals surface area contributed by atoms with Gasteiger partial charge < -0.3 is 15.3 Å². The first-order valence-corrected chi connectivity index (χ1v) is 8.56. The fraction of sp³-hybridized carbons (Fsp3) is 0.500. The Kier molecular flexibility index (Phi) is 4.86. The molecule has 122 valence electrons. The van der Waals surface area contributed by atoms with Crippen molar-refractivity contribution in [3.05, 3.63) is 29.8 Å². The molecular weight excluding hydrogens is 306 g/mol. The van der Waals surface area contributed by atoms with Crippen LogP contribution in [0.4, 0.5) is 0 Å². The highest BCUT2D eigenvalue weighted by Crippen LogP contribution is 2.21. The summed E-state index contributed by atoms with van der Waals surface area (Å²) < 4.78 is 22.3. The number of rotatable bonds is 4. The standard InChI is InChI=1S/C14H21N3O4S/c1-17-8-6-14(19,7-9-17)13(18)16-10-11-2-4-12(5-3-11)22(15,20)21/h2-5,19H,6-10H2,1H3,(H,16,18)(H2,15,20,21). The van der Waals surface area contributed by atoms with Gasteiger partial charge in [-0.15, -0.1) is 0 Å². The van der Waals surface area contributed by atoms with Crippen LogP contribution in [0.15, 0.2) is 29.2 Å². The van der Waals surface area contributed by atoms with Crippen LogP contribution in [0.25, 0.3) is 0 Å². The smallest absolute Gasteiger partial charge is 0.252 e. The summed E-state index contributed by atoms with van der Waals surface area (Å²) in [7, 11) is -1.77. The Morgan fingerprint density at radius 3 is 2.36 bits per heavy atom. The SMILES string of the molecule is CN1CCC(O)(C(=O)NCc2ccc(S(N)(=O)=O)cc2)CC1. The monoisotopic (exact) mass is 327 g/mol. The van der Waals surface area contributed by atoms with E-state index in [9.17, 15) is 18.3 Å². The average Bonchev–Trinajstić information content (AvgIpc) is 2.47. The van der Waals surface area contributed by atoms with Crippen molar-refractivity contribution in [1.82, 2.24) is 10.2 Å². The molecule has 8 heteroatoms. The predicted octanol–water partition coefficient (Wildman–Crippen LogP) is -0.593. The first kappa shape index (κ1) is 16.9. The van der Waals surface area contributed by atoms with Gasteiger partial charge in [-0.3, -0.25) is 4.79 Å². The number of nitrogens with zero attached hydrogens (tertiary/aromatic N) is 1. The normalized spacial score (nSPS) is 18.9. The maximum Gasteiger partial charge on any atom is 0.252 e. The molecule has 0 bridgehead atoms. The minimum absolute atomic E-state index is 0.0246. The zero-order valence-corrected chi connectivity index (χ0v) is 13.3. The molecule has 1 aliphatic rings. The maximum atomic E-state index is 12.1. The minimum atomic E-state index is -3.72. The molecular formula is C14H21N3O4S. The number of hydrogen-bond acceptors (Lipinski definition) is 5. The highest BCUT2D eigenvalue weighted by atomic mass is 32.2. The Labute approximate surface area is 130 Å². The molecule has 0 aliphatic carbocycles. The molecule has 1 aliphatic heterocycles. The van der Waals surface area contributed by atoms with E-state index in [1.165, 1.54) is 12.1 Å². The number of sulfonamides is 1. The number of piperidine rings is 1. The fourth-order valence-corrected chi connectivity index (χ4v) is 2.87. The quantitative estimate of drug-likeness (QED) is 0.684. The van der Waals surface area contributed by atoms with Gasteiger partial charge in [-0.05, 0) is 37.6 Å². The number of likely N-dealkylation sites (tertiary alicyclic amines) is 1. The van der Waals surface area contributed by atoms with E-state index in [1.54, 1.807) is 12.1 Å². The number of nitrogens with one attached hydrogen (secondary N) is 1. The van der Waals surface area contributed by atoms with Crippen molar-refractivity contribution in [1.29, 1.82) is 0 Å². The molecule has 1 amide bonds. The molecule has 1 saturated heterocycles. The molecule has 1 aromatic carbocycles. The lowest BCUT2D eigenvalue weighted by molar-refractivity contribution is -0.144. The molecule has 22 heavy (non-hydrogen) atoms. The van der Waals surface area contributed by atoms with Crippen molar-refractivity contribution in [2.75, 3.05) is 20.1 Å². The Hall–Kier alpha value is -1.48. The van der Waals surface area contributed by atoms with Crippen molar-refractivity contribution in [2.45, 2.75) is 29.9 Å². The van der Waals surface area contributed by atoms with Crippen LogP contribution in [0.1, 0.15) is 18.4 Å². The Morgan fingerprint density at radius 1 is 1.32 bits per heavy atom. The van der Waals surface area contributed by atoms with E-state index in [4.69, 9.17) is 5.14 Å². The van der Waals surface area contributed by atoms with Crippen LogP contribution in [-0.2, 0) is 21.4 Å². The Balaban J connectivity index is 1.94. The second-order valence-electron chi connectivity index (χ2n) is 5.71. The van der Waals surface area contributed by atoms with Crippen molar-refractivity contribution in [3.63, 3.8) is 0 Å². The highest BCUT2D eigenvalue weighted by molar-refractivity contribution is 7.89. The largest absolute Gasteiger partial charge is 0.380 e. The van der Waals surface area contributed by atoms with Crippen LogP contribution < -0.4 is 10.5 Å². The van der Waals surface area contributed by atoms with E-state index in [-0.39, 0.29) is 11.4 Å². The summed E-state index contributed by atoms with van der Waals surface area (Å²) in [6.07, 6.45) is 0.805. The van der Waals surface area contributed by atoms with Crippen LogP contribution in [0.2, 0.25) is 0 Å². The van der Waals surface area contributed by atoms with Gasteiger partial charge in [0.2, 0.25) is 10.0 Å². The van der Waals surface area contributed by atoms with Gasteiger partial charge in [-0.25, -0.2) is 13.6 Å². The van der Waals surface area contributed by atoms with E-state index in [2.05, 4.69) is 10.2 Å². The first-order valence-electron chi connectivity index (χ1n) is 7.02. The number of benzene rings is 1. The van der Waals surface area contributed by atoms with E-state index < -0.39 is 21.5 Å². The molecule has 7 nitrogen and oxygen atoms in total. The third-order valence-corrected chi connectivity index (χ3v) is 4.87. The zero-order chi connectivity index (χ0) is 16.4. The van der Waals surface area contributed by atoms with Gasteiger partial charge in [-0.2, -0.15) is 0 Å². The van der Waals surface area contributed by atoms with Gasteiger partial charge in [0, 0.05) is 19.6 Å². The molecule has 0 unspecified atom stereocenters. The molecule has 0 spiro atoms. The summed E-state index contributed by atoms with van der Waals surface area (Å²) in [6, 6.07) is 5.94. The summed E-state index contributed by atoms with van der Waals surface area (Å²) >= 11 is 0. The van der Waals surface area contributed by atoms with Crippen LogP contribution >= 0.6 is 0 Å². The fourth-order valence-electron chi connectivity index (χ4n) is 2.36. The molecule has 1 fully saturated rings. The van der Waals surface area contributed by atoms with Crippen molar-refractivity contribution < 1.29 is 18.3 Å². The average molecular weight is 327 g/mol. The molecule has 1 heterocycles. The summed E-state index contributed by atoms with van der Waals surface area (Å²) in [4.78, 5) is 14.2. The lowest BCUT2D eigenvalue weighted by atomic mass is 9.90. The number of aliphatic hydroxyl groups is 1. The Morgan fingerprint density at radius 2 is 1.86 bits per heavy atom. The maximum absolute atomic E-state index is 12.1. The predicted molar refractivity (Wildman–Crippen MR) is 81.3 cm³/mol. The summed E-state index contributed by atoms with van der Waals surface area (Å²) in [5.74, 6) is -0.392. The number of nitrogens with two attached hydrogens (primary N) is 1. The number of carbonyl (C=O) groups excluding carboxylic acids is 1. The third kappa shape index (κ3) is 4.04. The number of primary sulfonamides is 1. The second-order valence-corrected chi connectivity index (χ2v) is 7.27. The van der Waals surface area contributed by atoms with Gasteiger partial charge in [-0.1, -0.05) is 12.1 Å². The van der Waals surface area contributed by atoms with Crippen molar-refractivity contribution in [3.8, 4) is 0 Å². The topological polar surface area (TPSA) is 113 Å². The molecule has 0 aromatic heterocycles. The zero-order valence-electron chi connectivity index (χ0n) is 12.4. The first-order chi connectivity index (χ1) is 10.2. The van der Waals surface area contributed by atoms with E-state index >= 15 is 0 Å². The third-order valence-electron chi connectivity index (χ3n) is 3.94. The van der Waals surface area contributed by atoms with Gasteiger partial charge >= 0.3 is 0 Å².